The molecule has 32 heavy (non-hydrogen) atoms. The van der Waals surface area contributed by atoms with Crippen LogP contribution in [-0.4, -0.2) is 9.97 Å². The first-order valence-electron chi connectivity index (χ1n) is 10.6. The van der Waals surface area contributed by atoms with E-state index in [9.17, 15) is 0 Å². The van der Waals surface area contributed by atoms with Gasteiger partial charge in [0.1, 0.15) is 0 Å². The third-order valence-corrected chi connectivity index (χ3v) is 6.48. The third-order valence-electron chi connectivity index (χ3n) is 6.48. The van der Waals surface area contributed by atoms with Crippen molar-refractivity contribution in [2.24, 2.45) is 0 Å². The van der Waals surface area contributed by atoms with E-state index < -0.39 is 0 Å². The van der Waals surface area contributed by atoms with E-state index in [4.69, 9.17) is 21.4 Å². The van der Waals surface area contributed by atoms with Crippen molar-refractivity contribution in [2.45, 2.75) is 0 Å². The lowest BCUT2D eigenvalue weighted by atomic mass is 10.00. The van der Waals surface area contributed by atoms with E-state index in [0.29, 0.717) is 11.4 Å². The van der Waals surface area contributed by atoms with Gasteiger partial charge >= 0.3 is 0 Å². The van der Waals surface area contributed by atoms with Crippen LogP contribution in [0.15, 0.2) is 84.9 Å². The van der Waals surface area contributed by atoms with Gasteiger partial charge in [0.25, 0.3) is 0 Å². The number of nitrogen functional groups attached to an aromatic ring is 2. The predicted octanol–water partition coefficient (Wildman–Crippen LogP) is 6.56. The Balaban J connectivity index is 1.59. The van der Waals surface area contributed by atoms with Crippen LogP contribution in [0.1, 0.15) is 0 Å². The Morgan fingerprint density at radius 3 is 1.66 bits per heavy atom. The third kappa shape index (κ3) is 2.32. The predicted molar refractivity (Wildman–Crippen MR) is 136 cm³/mol. The van der Waals surface area contributed by atoms with Crippen molar-refractivity contribution in [2.75, 3.05) is 11.5 Å². The zero-order valence-electron chi connectivity index (χ0n) is 17.1. The molecule has 0 aliphatic rings. The molecule has 0 saturated carbocycles. The number of hydrogen-bond acceptors (Lipinski definition) is 4. The van der Waals surface area contributed by atoms with E-state index in [1.54, 1.807) is 0 Å². The summed E-state index contributed by atoms with van der Waals surface area (Å²) in [6, 6.07) is 29.3. The Morgan fingerprint density at radius 1 is 0.469 bits per heavy atom. The molecule has 0 aliphatic carbocycles. The zero-order valence-corrected chi connectivity index (χ0v) is 17.1. The van der Waals surface area contributed by atoms with Crippen LogP contribution in [0.5, 0.6) is 0 Å². The molecule has 7 aromatic rings. The molecule has 7 rings (SSSR count). The highest BCUT2D eigenvalue weighted by Gasteiger charge is 2.11. The van der Waals surface area contributed by atoms with Gasteiger partial charge in [0.15, 0.2) is 0 Å². The fourth-order valence-electron chi connectivity index (χ4n) is 4.80. The average molecular weight is 410 g/mol. The molecule has 0 unspecified atom stereocenters. The van der Waals surface area contributed by atoms with Crippen molar-refractivity contribution in [3.05, 3.63) is 84.9 Å². The smallest absolute Gasteiger partial charge is 0.0973 e. The van der Waals surface area contributed by atoms with Crippen molar-refractivity contribution >= 4 is 76.5 Å². The Kier molecular flexibility index (Phi) is 3.26. The number of aromatic nitrogens is 2. The first-order valence-corrected chi connectivity index (χ1v) is 10.6. The van der Waals surface area contributed by atoms with E-state index in [0.717, 1.165) is 49.0 Å². The van der Waals surface area contributed by atoms with Crippen LogP contribution in [0.2, 0.25) is 0 Å². The maximum atomic E-state index is 6.24. The summed E-state index contributed by atoms with van der Waals surface area (Å²) in [6.45, 7) is 0. The molecule has 0 amide bonds. The minimum Gasteiger partial charge on any atom is -0.397 e. The summed E-state index contributed by atoms with van der Waals surface area (Å²) >= 11 is 0. The van der Waals surface area contributed by atoms with Crippen LogP contribution in [0.4, 0.5) is 11.4 Å². The molecule has 6 aromatic carbocycles. The summed E-state index contributed by atoms with van der Waals surface area (Å²) in [4.78, 5) is 10.1. The molecule has 0 bridgehead atoms. The average Bonchev–Trinajstić information content (AvgIpc) is 2.83. The van der Waals surface area contributed by atoms with Gasteiger partial charge in [0, 0.05) is 16.2 Å². The van der Waals surface area contributed by atoms with Gasteiger partial charge in [0.05, 0.1) is 33.4 Å². The highest BCUT2D eigenvalue weighted by atomic mass is 14.8. The molecule has 0 fully saturated rings. The molecule has 0 spiro atoms. The van der Waals surface area contributed by atoms with Crippen molar-refractivity contribution in [3.63, 3.8) is 0 Å². The SMILES string of the molecule is Nc1ccc2cc3c(ccc4nc5c(ccc6cc7ccccc7cc65)nc43)cc2c1N. The standard InChI is InChI=1S/C28H18N4/c29-23-8-5-18-14-22-19(13-20(18)26(23)30)7-10-25-28(22)32-24-9-6-17-11-15-3-1-2-4-16(15)12-21(17)27(24)31-25/h1-14H,29-30H2. The molecule has 0 atom stereocenters. The molecular formula is C28H18N4. The lowest BCUT2D eigenvalue weighted by molar-refractivity contribution is 1.42. The Bertz CT molecular complexity index is 1900. The van der Waals surface area contributed by atoms with Gasteiger partial charge < -0.3 is 11.5 Å². The Labute approximate surface area is 183 Å². The van der Waals surface area contributed by atoms with E-state index in [1.165, 1.54) is 16.2 Å². The van der Waals surface area contributed by atoms with E-state index in [2.05, 4.69) is 66.7 Å². The molecule has 4 heteroatoms. The minimum atomic E-state index is 0.600. The molecule has 4 nitrogen and oxygen atoms in total. The maximum absolute atomic E-state index is 6.24. The fourth-order valence-corrected chi connectivity index (χ4v) is 4.80. The monoisotopic (exact) mass is 410 g/mol. The minimum absolute atomic E-state index is 0.600. The normalized spacial score (nSPS) is 12.0. The summed E-state index contributed by atoms with van der Waals surface area (Å²) in [7, 11) is 0. The second-order valence-electron chi connectivity index (χ2n) is 8.37. The van der Waals surface area contributed by atoms with Crippen molar-refractivity contribution in [1.82, 2.24) is 9.97 Å². The Morgan fingerprint density at radius 2 is 0.969 bits per heavy atom. The van der Waals surface area contributed by atoms with Gasteiger partial charge in [-0.1, -0.05) is 42.5 Å². The van der Waals surface area contributed by atoms with Gasteiger partial charge in [0.2, 0.25) is 0 Å². The highest BCUT2D eigenvalue weighted by molar-refractivity contribution is 6.16. The van der Waals surface area contributed by atoms with Gasteiger partial charge in [-0.3, -0.25) is 0 Å². The maximum Gasteiger partial charge on any atom is 0.0973 e. The summed E-state index contributed by atoms with van der Waals surface area (Å²) in [5.41, 5.74) is 17.1. The van der Waals surface area contributed by atoms with Crippen molar-refractivity contribution < 1.29 is 0 Å². The summed E-state index contributed by atoms with van der Waals surface area (Å²) in [5.74, 6) is 0. The van der Waals surface area contributed by atoms with Crippen molar-refractivity contribution in [3.8, 4) is 0 Å². The first kappa shape index (κ1) is 17.3. The van der Waals surface area contributed by atoms with E-state index in [-0.39, 0.29) is 0 Å². The molecule has 150 valence electrons. The van der Waals surface area contributed by atoms with Crippen LogP contribution < -0.4 is 11.5 Å². The van der Waals surface area contributed by atoms with Crippen LogP contribution >= 0.6 is 0 Å². The molecule has 1 heterocycles. The number of hydrogen-bond donors (Lipinski definition) is 2. The molecule has 0 aliphatic heterocycles. The van der Waals surface area contributed by atoms with Crippen LogP contribution in [0.3, 0.4) is 0 Å². The van der Waals surface area contributed by atoms with Crippen LogP contribution in [0, 0.1) is 0 Å². The first-order chi connectivity index (χ1) is 15.7. The number of anilines is 2. The summed E-state index contributed by atoms with van der Waals surface area (Å²) in [5, 5.41) is 8.87. The summed E-state index contributed by atoms with van der Waals surface area (Å²) in [6.07, 6.45) is 0. The largest absolute Gasteiger partial charge is 0.397 e. The van der Waals surface area contributed by atoms with E-state index in [1.807, 2.05) is 18.2 Å². The molecule has 4 N–H and O–H groups in total. The number of nitrogens with zero attached hydrogens (tertiary/aromatic N) is 2. The van der Waals surface area contributed by atoms with E-state index >= 15 is 0 Å². The second-order valence-corrected chi connectivity index (χ2v) is 8.37. The fraction of sp³-hybridized carbons (Fsp3) is 0. The summed E-state index contributed by atoms with van der Waals surface area (Å²) < 4.78 is 0. The number of nitrogens with two attached hydrogens (primary N) is 2. The molecule has 1 aromatic heterocycles. The topological polar surface area (TPSA) is 77.8 Å². The lowest BCUT2D eigenvalue weighted by Crippen LogP contribution is -1.95. The van der Waals surface area contributed by atoms with Crippen LogP contribution in [-0.2, 0) is 0 Å². The van der Waals surface area contributed by atoms with Crippen LogP contribution in [0.25, 0.3) is 65.2 Å². The highest BCUT2D eigenvalue weighted by Crippen LogP contribution is 2.35. The molecule has 0 saturated heterocycles. The zero-order chi connectivity index (χ0) is 21.4. The van der Waals surface area contributed by atoms with Gasteiger partial charge in [-0.25, -0.2) is 9.97 Å². The molecule has 0 radical (unpaired) electrons. The van der Waals surface area contributed by atoms with Gasteiger partial charge in [-0.2, -0.15) is 0 Å². The number of fused-ring (bicyclic) bond motifs is 8. The van der Waals surface area contributed by atoms with Crippen molar-refractivity contribution in [1.29, 1.82) is 0 Å². The van der Waals surface area contributed by atoms with Gasteiger partial charge in [-0.15, -0.1) is 0 Å². The quantitative estimate of drug-likeness (QED) is 0.169. The Hall–Kier alpha value is -4.44. The molecular weight excluding hydrogens is 392 g/mol. The number of rotatable bonds is 0. The van der Waals surface area contributed by atoms with Gasteiger partial charge in [-0.05, 0) is 69.4 Å². The second kappa shape index (κ2) is 6.05. The number of benzene rings is 6. The lowest BCUT2D eigenvalue weighted by Gasteiger charge is -2.10.